The maximum Gasteiger partial charge on any atom is 0.326 e. The number of carbonyl (C=O) groups excluding carboxylic acids is 2. The van der Waals surface area contributed by atoms with Crippen LogP contribution in [-0.2, 0) is 16.1 Å². The molecule has 27 heavy (non-hydrogen) atoms. The van der Waals surface area contributed by atoms with Crippen molar-refractivity contribution in [2.45, 2.75) is 19.0 Å². The fraction of sp³-hybridized carbons (Fsp3) is 0.500. The van der Waals surface area contributed by atoms with Gasteiger partial charge >= 0.3 is 12.0 Å². The predicted octanol–water partition coefficient (Wildman–Crippen LogP) is 1.26. The fourth-order valence-corrected chi connectivity index (χ4v) is 3.21. The van der Waals surface area contributed by atoms with E-state index in [0.29, 0.717) is 31.8 Å². The maximum absolute atomic E-state index is 12.4. The van der Waals surface area contributed by atoms with Crippen LogP contribution in [0.3, 0.4) is 0 Å². The lowest BCUT2D eigenvalue weighted by molar-refractivity contribution is -0.139. The molecule has 8 nitrogen and oxygen atoms in total. The highest BCUT2D eigenvalue weighted by Gasteiger charge is 2.29. The van der Waals surface area contributed by atoms with Gasteiger partial charge in [0.05, 0.1) is 7.11 Å². The first-order chi connectivity index (χ1) is 12.9. The average Bonchev–Trinajstić information content (AvgIpc) is 2.66. The highest BCUT2D eigenvalue weighted by Crippen LogP contribution is 2.15. The Labute approximate surface area is 162 Å². The molecule has 9 heteroatoms. The zero-order chi connectivity index (χ0) is 19.8. The number of carboxylic acid groups (broad SMARTS) is 1. The normalized spacial score (nSPS) is 15.4. The molecule has 1 heterocycles. The van der Waals surface area contributed by atoms with E-state index in [2.05, 4.69) is 5.32 Å². The van der Waals surface area contributed by atoms with Gasteiger partial charge < -0.3 is 25.0 Å². The third-order valence-corrected chi connectivity index (χ3v) is 4.99. The van der Waals surface area contributed by atoms with Crippen LogP contribution in [0.1, 0.15) is 12.0 Å². The smallest absolute Gasteiger partial charge is 0.326 e. The van der Waals surface area contributed by atoms with Crippen molar-refractivity contribution in [3.63, 3.8) is 0 Å². The molecule has 1 saturated heterocycles. The number of piperazine rings is 1. The zero-order valence-corrected chi connectivity index (χ0v) is 16.3. The number of aliphatic carboxylic acids is 1. The predicted molar refractivity (Wildman–Crippen MR) is 103 cm³/mol. The minimum atomic E-state index is -1.07. The highest BCUT2D eigenvalue weighted by molar-refractivity contribution is 7.98. The summed E-state index contributed by atoms with van der Waals surface area (Å²) in [5, 5.41) is 11.7. The monoisotopic (exact) mass is 395 g/mol. The third-order valence-electron chi connectivity index (χ3n) is 4.34. The molecule has 2 N–H and O–H groups in total. The summed E-state index contributed by atoms with van der Waals surface area (Å²) in [7, 11) is 1.60. The fourth-order valence-electron chi connectivity index (χ4n) is 2.73. The number of rotatable bonds is 8. The van der Waals surface area contributed by atoms with Crippen LogP contribution < -0.4 is 10.1 Å². The summed E-state index contributed by atoms with van der Waals surface area (Å²) < 4.78 is 5.12. The third kappa shape index (κ3) is 6.06. The minimum absolute atomic E-state index is 0.0587. The molecule has 1 aliphatic rings. The van der Waals surface area contributed by atoms with Crippen molar-refractivity contribution in [3.05, 3.63) is 29.8 Å². The number of benzene rings is 1. The number of hydrogen-bond donors (Lipinski definition) is 2. The van der Waals surface area contributed by atoms with E-state index < -0.39 is 18.0 Å². The van der Waals surface area contributed by atoms with E-state index in [9.17, 15) is 19.5 Å². The number of nitrogens with zero attached hydrogens (tertiary/aromatic N) is 2. The number of thioether (sulfide) groups is 1. The van der Waals surface area contributed by atoms with Crippen molar-refractivity contribution in [3.8, 4) is 5.75 Å². The van der Waals surface area contributed by atoms with E-state index in [1.54, 1.807) is 12.0 Å². The van der Waals surface area contributed by atoms with E-state index in [1.807, 2.05) is 30.5 Å². The van der Waals surface area contributed by atoms with Gasteiger partial charge in [0.2, 0.25) is 5.91 Å². The first-order valence-electron chi connectivity index (χ1n) is 8.62. The molecule has 0 bridgehead atoms. The Kier molecular flexibility index (Phi) is 7.78. The number of urea groups is 1. The SMILES string of the molecule is COc1ccc(CN2CCN(C(=O)N[C@H](CCSC)C(=O)O)CC2=O)cc1. The Morgan fingerprint density at radius 2 is 2.00 bits per heavy atom. The molecule has 0 aliphatic carbocycles. The van der Waals surface area contributed by atoms with Crippen LogP contribution in [0.15, 0.2) is 24.3 Å². The van der Waals surface area contributed by atoms with Gasteiger partial charge in [-0.15, -0.1) is 0 Å². The van der Waals surface area contributed by atoms with Crippen LogP contribution in [-0.4, -0.2) is 77.6 Å². The van der Waals surface area contributed by atoms with E-state index in [4.69, 9.17) is 4.74 Å². The molecule has 0 spiro atoms. The van der Waals surface area contributed by atoms with Crippen molar-refractivity contribution in [2.24, 2.45) is 0 Å². The molecule has 1 atom stereocenters. The summed E-state index contributed by atoms with van der Waals surface area (Å²) >= 11 is 1.52. The molecular formula is C18H25N3O5S. The molecule has 2 rings (SSSR count). The van der Waals surface area contributed by atoms with Crippen LogP contribution in [0.25, 0.3) is 0 Å². The van der Waals surface area contributed by atoms with Crippen LogP contribution >= 0.6 is 11.8 Å². The Hall–Kier alpha value is -2.42. The van der Waals surface area contributed by atoms with Gasteiger partial charge in [0.25, 0.3) is 0 Å². The molecule has 0 saturated carbocycles. The molecule has 0 unspecified atom stereocenters. The molecule has 1 aromatic rings. The number of amides is 3. The van der Waals surface area contributed by atoms with Gasteiger partial charge in [0, 0.05) is 19.6 Å². The second kappa shape index (κ2) is 10.1. The van der Waals surface area contributed by atoms with Gasteiger partial charge in [-0.05, 0) is 36.1 Å². The minimum Gasteiger partial charge on any atom is -0.497 e. The Morgan fingerprint density at radius 3 is 2.56 bits per heavy atom. The highest BCUT2D eigenvalue weighted by atomic mass is 32.2. The zero-order valence-electron chi connectivity index (χ0n) is 15.5. The lowest BCUT2D eigenvalue weighted by Crippen LogP contribution is -2.56. The number of methoxy groups -OCH3 is 1. The molecule has 0 aromatic heterocycles. The number of carbonyl (C=O) groups is 3. The summed E-state index contributed by atoms with van der Waals surface area (Å²) in [5.41, 5.74) is 0.977. The summed E-state index contributed by atoms with van der Waals surface area (Å²) in [6, 6.07) is 6.01. The van der Waals surface area contributed by atoms with Crippen molar-refractivity contribution in [1.29, 1.82) is 0 Å². The summed E-state index contributed by atoms with van der Waals surface area (Å²) in [6.45, 7) is 1.17. The van der Waals surface area contributed by atoms with Gasteiger partial charge in [-0.1, -0.05) is 12.1 Å². The number of ether oxygens (including phenoxy) is 1. The van der Waals surface area contributed by atoms with Crippen LogP contribution in [0.5, 0.6) is 5.75 Å². The number of nitrogens with one attached hydrogen (secondary N) is 1. The second-order valence-electron chi connectivity index (χ2n) is 6.21. The van der Waals surface area contributed by atoms with E-state index in [-0.39, 0.29) is 12.5 Å². The summed E-state index contributed by atoms with van der Waals surface area (Å²) in [6.07, 6.45) is 2.22. The van der Waals surface area contributed by atoms with Gasteiger partial charge in [-0.25, -0.2) is 9.59 Å². The standard InChI is InChI=1S/C18H25N3O5S/c1-26-14-5-3-13(4-6-14)11-20-8-9-21(12-16(20)22)18(25)19-15(17(23)24)7-10-27-2/h3-6,15H,7-12H2,1-2H3,(H,19,25)(H,23,24)/t15-/m1/s1. The second-order valence-corrected chi connectivity index (χ2v) is 7.19. The van der Waals surface area contributed by atoms with E-state index in [1.165, 1.54) is 16.7 Å². The van der Waals surface area contributed by atoms with Crippen LogP contribution in [0.2, 0.25) is 0 Å². The number of carboxylic acids is 1. The Bertz CT molecular complexity index is 667. The molecular weight excluding hydrogens is 370 g/mol. The number of hydrogen-bond acceptors (Lipinski definition) is 5. The topological polar surface area (TPSA) is 99.2 Å². The lowest BCUT2D eigenvalue weighted by atomic mass is 10.2. The van der Waals surface area contributed by atoms with Crippen molar-refractivity contribution in [1.82, 2.24) is 15.1 Å². The van der Waals surface area contributed by atoms with E-state index in [0.717, 1.165) is 11.3 Å². The van der Waals surface area contributed by atoms with Crippen molar-refractivity contribution >= 4 is 29.7 Å². The van der Waals surface area contributed by atoms with Gasteiger partial charge in [0.1, 0.15) is 18.3 Å². The maximum atomic E-state index is 12.4. The molecule has 1 aromatic carbocycles. The molecule has 148 valence electrons. The summed E-state index contributed by atoms with van der Waals surface area (Å²) in [5.74, 6) is 0.150. The van der Waals surface area contributed by atoms with Gasteiger partial charge in [-0.2, -0.15) is 11.8 Å². The molecule has 1 aliphatic heterocycles. The Morgan fingerprint density at radius 1 is 1.30 bits per heavy atom. The quantitative estimate of drug-likeness (QED) is 0.687. The largest absolute Gasteiger partial charge is 0.497 e. The first kappa shape index (κ1) is 20.9. The van der Waals surface area contributed by atoms with Crippen molar-refractivity contribution < 1.29 is 24.2 Å². The Balaban J connectivity index is 1.88. The van der Waals surface area contributed by atoms with Crippen LogP contribution in [0.4, 0.5) is 4.79 Å². The van der Waals surface area contributed by atoms with Gasteiger partial charge in [-0.3, -0.25) is 4.79 Å². The van der Waals surface area contributed by atoms with E-state index >= 15 is 0 Å². The van der Waals surface area contributed by atoms with Gasteiger partial charge in [0.15, 0.2) is 0 Å². The molecule has 3 amide bonds. The summed E-state index contributed by atoms with van der Waals surface area (Å²) in [4.78, 5) is 39.0. The average molecular weight is 395 g/mol. The molecule has 1 fully saturated rings. The van der Waals surface area contributed by atoms with Crippen LogP contribution in [0, 0.1) is 0 Å². The first-order valence-corrected chi connectivity index (χ1v) is 10.0. The lowest BCUT2D eigenvalue weighted by Gasteiger charge is -2.35. The van der Waals surface area contributed by atoms with Crippen molar-refractivity contribution in [2.75, 3.05) is 38.8 Å². The molecule has 0 radical (unpaired) electrons.